The van der Waals surface area contributed by atoms with Crippen molar-refractivity contribution in [2.24, 2.45) is 0 Å². The lowest BCUT2D eigenvalue weighted by atomic mass is 10.2. The molecule has 0 atom stereocenters. The first-order valence-corrected chi connectivity index (χ1v) is 6.74. The van der Waals surface area contributed by atoms with Crippen LogP contribution in [0.2, 0.25) is 0 Å². The van der Waals surface area contributed by atoms with Crippen LogP contribution >= 0.6 is 0 Å². The monoisotopic (exact) mass is 299 g/mol. The average molecular weight is 299 g/mol. The van der Waals surface area contributed by atoms with Gasteiger partial charge in [0.15, 0.2) is 0 Å². The van der Waals surface area contributed by atoms with E-state index in [2.05, 4.69) is 10.6 Å². The molecule has 0 aromatic heterocycles. The number of nitrogen functional groups attached to an aromatic ring is 1. The number of hydrogen-bond donors (Lipinski definition) is 3. The Morgan fingerprint density at radius 2 is 1.68 bits per heavy atom. The fourth-order valence-corrected chi connectivity index (χ4v) is 1.73. The first-order chi connectivity index (χ1) is 10.6. The predicted octanol–water partition coefficient (Wildman–Crippen LogP) is 2.13. The van der Waals surface area contributed by atoms with Crippen LogP contribution in [0.25, 0.3) is 0 Å². The van der Waals surface area contributed by atoms with Crippen LogP contribution in [0.3, 0.4) is 0 Å². The number of ether oxygens (including phenoxy) is 1. The van der Waals surface area contributed by atoms with Gasteiger partial charge in [-0.15, -0.1) is 0 Å². The molecule has 6 nitrogen and oxygen atoms in total. The fraction of sp³-hybridized carbons (Fsp3) is 0.125. The first-order valence-electron chi connectivity index (χ1n) is 6.74. The van der Waals surface area contributed by atoms with Gasteiger partial charge in [0.25, 0.3) is 0 Å². The van der Waals surface area contributed by atoms with Crippen LogP contribution in [0, 0.1) is 0 Å². The number of amides is 2. The van der Waals surface area contributed by atoms with Crippen molar-refractivity contribution in [2.75, 3.05) is 17.6 Å². The molecule has 0 unspecified atom stereocenters. The Morgan fingerprint density at radius 3 is 2.41 bits per heavy atom. The molecule has 0 radical (unpaired) electrons. The normalized spacial score (nSPS) is 9.82. The van der Waals surface area contributed by atoms with E-state index < -0.39 is 6.09 Å². The summed E-state index contributed by atoms with van der Waals surface area (Å²) in [6.45, 7) is -0.0398. The van der Waals surface area contributed by atoms with Gasteiger partial charge in [-0.1, -0.05) is 42.5 Å². The number of para-hydroxylation sites is 2. The van der Waals surface area contributed by atoms with Gasteiger partial charge in [-0.3, -0.25) is 4.79 Å². The van der Waals surface area contributed by atoms with Crippen LogP contribution in [0.4, 0.5) is 16.2 Å². The van der Waals surface area contributed by atoms with Crippen molar-refractivity contribution in [1.82, 2.24) is 5.32 Å². The summed E-state index contributed by atoms with van der Waals surface area (Å²) in [4.78, 5) is 23.2. The summed E-state index contributed by atoms with van der Waals surface area (Å²) in [5.41, 5.74) is 7.55. The summed E-state index contributed by atoms with van der Waals surface area (Å²) >= 11 is 0. The summed E-state index contributed by atoms with van der Waals surface area (Å²) in [5, 5.41) is 4.98. The first kappa shape index (κ1) is 15.4. The molecule has 2 aromatic carbocycles. The number of benzene rings is 2. The summed E-state index contributed by atoms with van der Waals surface area (Å²) in [6.07, 6.45) is -0.653. The maximum atomic E-state index is 11.7. The zero-order chi connectivity index (χ0) is 15.8. The number of carbonyl (C=O) groups is 2. The van der Waals surface area contributed by atoms with Crippen molar-refractivity contribution in [3.8, 4) is 0 Å². The van der Waals surface area contributed by atoms with Gasteiger partial charge in [-0.05, 0) is 17.7 Å². The van der Waals surface area contributed by atoms with Crippen molar-refractivity contribution < 1.29 is 14.3 Å². The zero-order valence-electron chi connectivity index (χ0n) is 11.9. The molecule has 4 N–H and O–H groups in total. The molecular formula is C16H17N3O3. The van der Waals surface area contributed by atoms with Crippen LogP contribution in [0.15, 0.2) is 54.6 Å². The SMILES string of the molecule is Nc1ccccc1NC(=O)CNC(=O)OCc1ccccc1. The van der Waals surface area contributed by atoms with Gasteiger partial charge in [-0.25, -0.2) is 4.79 Å². The van der Waals surface area contributed by atoms with Gasteiger partial charge in [0, 0.05) is 0 Å². The van der Waals surface area contributed by atoms with E-state index in [4.69, 9.17) is 10.5 Å². The Morgan fingerprint density at radius 1 is 1.00 bits per heavy atom. The fourth-order valence-electron chi connectivity index (χ4n) is 1.73. The third-order valence-electron chi connectivity index (χ3n) is 2.84. The molecule has 0 fully saturated rings. The van der Waals surface area contributed by atoms with Crippen molar-refractivity contribution in [1.29, 1.82) is 0 Å². The molecule has 0 spiro atoms. The van der Waals surface area contributed by atoms with Crippen LogP contribution in [-0.4, -0.2) is 18.5 Å². The second-order valence-electron chi connectivity index (χ2n) is 4.55. The summed E-state index contributed by atoms with van der Waals surface area (Å²) in [5.74, 6) is -0.380. The average Bonchev–Trinajstić information content (AvgIpc) is 2.54. The van der Waals surface area contributed by atoms with Crippen LogP contribution in [-0.2, 0) is 16.1 Å². The maximum Gasteiger partial charge on any atom is 0.407 e. The Balaban J connectivity index is 1.72. The predicted molar refractivity (Wildman–Crippen MR) is 84.1 cm³/mol. The molecule has 0 aliphatic carbocycles. The van der Waals surface area contributed by atoms with E-state index in [0.717, 1.165) is 5.56 Å². The number of anilines is 2. The quantitative estimate of drug-likeness (QED) is 0.737. The molecule has 114 valence electrons. The van der Waals surface area contributed by atoms with Gasteiger partial charge in [0.1, 0.15) is 13.2 Å². The maximum absolute atomic E-state index is 11.7. The van der Waals surface area contributed by atoms with Crippen LogP contribution in [0.1, 0.15) is 5.56 Å². The lowest BCUT2D eigenvalue weighted by molar-refractivity contribution is -0.115. The Labute approximate surface area is 128 Å². The van der Waals surface area contributed by atoms with E-state index in [0.29, 0.717) is 11.4 Å². The Bertz CT molecular complexity index is 644. The van der Waals surface area contributed by atoms with Crippen molar-refractivity contribution in [3.05, 3.63) is 60.2 Å². The molecule has 2 aromatic rings. The summed E-state index contributed by atoms with van der Waals surface area (Å²) < 4.78 is 5.00. The number of alkyl carbamates (subject to hydrolysis) is 1. The van der Waals surface area contributed by atoms with E-state index in [1.807, 2.05) is 30.3 Å². The minimum Gasteiger partial charge on any atom is -0.445 e. The van der Waals surface area contributed by atoms with Gasteiger partial charge >= 0.3 is 6.09 Å². The van der Waals surface area contributed by atoms with Gasteiger partial charge < -0.3 is 21.1 Å². The minimum atomic E-state index is -0.653. The molecule has 2 rings (SSSR count). The van der Waals surface area contributed by atoms with E-state index in [-0.39, 0.29) is 19.1 Å². The summed E-state index contributed by atoms with van der Waals surface area (Å²) in [6, 6.07) is 16.2. The van der Waals surface area contributed by atoms with E-state index in [9.17, 15) is 9.59 Å². The highest BCUT2D eigenvalue weighted by Crippen LogP contribution is 2.16. The molecule has 0 heterocycles. The number of rotatable bonds is 5. The van der Waals surface area contributed by atoms with Gasteiger partial charge in [-0.2, -0.15) is 0 Å². The third kappa shape index (κ3) is 4.82. The second kappa shape index (κ2) is 7.68. The highest BCUT2D eigenvalue weighted by atomic mass is 16.5. The van der Waals surface area contributed by atoms with Crippen molar-refractivity contribution in [3.63, 3.8) is 0 Å². The van der Waals surface area contributed by atoms with E-state index >= 15 is 0 Å². The van der Waals surface area contributed by atoms with Crippen LogP contribution < -0.4 is 16.4 Å². The molecule has 0 aliphatic rings. The molecular weight excluding hydrogens is 282 g/mol. The van der Waals surface area contributed by atoms with Gasteiger partial charge in [0.05, 0.1) is 11.4 Å². The van der Waals surface area contributed by atoms with Crippen LogP contribution in [0.5, 0.6) is 0 Å². The lowest BCUT2D eigenvalue weighted by Gasteiger charge is -2.09. The smallest absolute Gasteiger partial charge is 0.407 e. The molecule has 0 saturated carbocycles. The standard InChI is InChI=1S/C16H17N3O3/c17-13-8-4-5-9-14(13)19-15(20)10-18-16(21)22-11-12-6-2-1-3-7-12/h1-9H,10-11,17H2,(H,18,21)(H,19,20). The highest BCUT2D eigenvalue weighted by molar-refractivity contribution is 5.96. The Hall–Kier alpha value is -3.02. The second-order valence-corrected chi connectivity index (χ2v) is 4.55. The van der Waals surface area contributed by atoms with Crippen molar-refractivity contribution in [2.45, 2.75) is 6.61 Å². The molecule has 0 saturated heterocycles. The zero-order valence-corrected chi connectivity index (χ0v) is 11.9. The lowest BCUT2D eigenvalue weighted by Crippen LogP contribution is -2.33. The largest absolute Gasteiger partial charge is 0.445 e. The van der Waals surface area contributed by atoms with Gasteiger partial charge in [0.2, 0.25) is 5.91 Å². The van der Waals surface area contributed by atoms with Crippen molar-refractivity contribution >= 4 is 23.4 Å². The summed E-state index contributed by atoms with van der Waals surface area (Å²) in [7, 11) is 0. The van der Waals surface area contributed by atoms with E-state index in [1.54, 1.807) is 24.3 Å². The topological polar surface area (TPSA) is 93.5 Å². The number of nitrogens with two attached hydrogens (primary N) is 1. The molecule has 0 bridgehead atoms. The minimum absolute atomic E-state index is 0.153. The molecule has 0 aliphatic heterocycles. The van der Waals surface area contributed by atoms with E-state index in [1.165, 1.54) is 0 Å². The Kier molecular flexibility index (Phi) is 5.37. The number of carbonyl (C=O) groups excluding carboxylic acids is 2. The molecule has 6 heteroatoms. The third-order valence-corrected chi connectivity index (χ3v) is 2.84. The highest BCUT2D eigenvalue weighted by Gasteiger charge is 2.08. The number of hydrogen-bond acceptors (Lipinski definition) is 4. The number of nitrogens with one attached hydrogen (secondary N) is 2. The molecule has 22 heavy (non-hydrogen) atoms. The molecule has 2 amide bonds.